The molecule has 5 aromatic rings. The van der Waals surface area contributed by atoms with E-state index in [1.54, 1.807) is 11.6 Å². The molecule has 1 aromatic heterocycles. The van der Waals surface area contributed by atoms with E-state index in [2.05, 4.69) is 54.6 Å². The van der Waals surface area contributed by atoms with Crippen molar-refractivity contribution >= 4 is 23.2 Å². The van der Waals surface area contributed by atoms with Gasteiger partial charge in [0.1, 0.15) is 11.6 Å². The molecule has 0 spiro atoms. The van der Waals surface area contributed by atoms with Crippen LogP contribution in [0, 0.1) is 6.92 Å². The number of rotatable bonds is 5. The number of aromatic nitrogens is 1. The highest BCUT2D eigenvalue weighted by Gasteiger charge is 2.20. The fourth-order valence-electron chi connectivity index (χ4n) is 6.60. The van der Waals surface area contributed by atoms with E-state index in [9.17, 15) is 14.4 Å². The molecular formula is C41H38ClNO3. The largest absolute Gasteiger partial charge is 0.318 e. The molecule has 0 atom stereocenters. The number of pyridine rings is 1. The van der Waals surface area contributed by atoms with E-state index in [1.165, 1.54) is 27.8 Å². The van der Waals surface area contributed by atoms with Gasteiger partial charge in [-0.05, 0) is 100 Å². The van der Waals surface area contributed by atoms with Crippen molar-refractivity contribution in [2.75, 3.05) is 0 Å². The Bertz CT molecular complexity index is 1950. The van der Waals surface area contributed by atoms with Gasteiger partial charge in [-0.25, -0.2) is 0 Å². The highest BCUT2D eigenvalue weighted by Crippen LogP contribution is 2.32. The Hall–Kier alpha value is -4.54. The van der Waals surface area contributed by atoms with Crippen LogP contribution in [0.2, 0.25) is 5.02 Å². The molecular weight excluding hydrogens is 590 g/mol. The van der Waals surface area contributed by atoms with Crippen LogP contribution >= 0.6 is 11.6 Å². The molecule has 2 aliphatic carbocycles. The van der Waals surface area contributed by atoms with Crippen LogP contribution in [0.25, 0.3) is 11.1 Å². The van der Waals surface area contributed by atoms with E-state index < -0.39 is 0 Å². The lowest BCUT2D eigenvalue weighted by Crippen LogP contribution is -2.19. The number of aryl methyl sites for hydroxylation is 4. The summed E-state index contributed by atoms with van der Waals surface area (Å²) in [5.74, 6) is 0.625. The first-order chi connectivity index (χ1) is 22.2. The first kappa shape index (κ1) is 31.4. The number of Topliss-reactive ketones (excluding diaryl/α,β-unsaturated/α-hetero) is 2. The Morgan fingerprint density at radius 3 is 1.72 bits per heavy atom. The van der Waals surface area contributed by atoms with Gasteiger partial charge in [0.25, 0.3) is 5.56 Å². The summed E-state index contributed by atoms with van der Waals surface area (Å²) in [4.78, 5) is 35.5. The SMILES string of the molecule is Cc1cc(-c2cc3c(cc2Cc2ccccc2)CCC(=O)C3)cn(C)c1=O.O=C1CCc2cc(Cc3ccccc3)c(Cl)cc2C1. The van der Waals surface area contributed by atoms with Crippen molar-refractivity contribution in [2.45, 2.75) is 58.3 Å². The second-order valence-electron chi connectivity index (χ2n) is 12.6. The molecule has 4 nitrogen and oxygen atoms in total. The van der Waals surface area contributed by atoms with E-state index >= 15 is 0 Å². The van der Waals surface area contributed by atoms with Crippen molar-refractivity contribution in [1.29, 1.82) is 0 Å². The number of benzene rings is 4. The molecule has 5 heteroatoms. The van der Waals surface area contributed by atoms with Crippen LogP contribution in [0.3, 0.4) is 0 Å². The topological polar surface area (TPSA) is 56.1 Å². The van der Waals surface area contributed by atoms with Gasteiger partial charge in [-0.2, -0.15) is 0 Å². The molecule has 0 bridgehead atoms. The highest BCUT2D eigenvalue weighted by molar-refractivity contribution is 6.31. The van der Waals surface area contributed by atoms with Crippen LogP contribution < -0.4 is 5.56 Å². The zero-order chi connectivity index (χ0) is 32.2. The van der Waals surface area contributed by atoms with Crippen molar-refractivity contribution in [3.63, 3.8) is 0 Å². The number of carbonyl (C=O) groups is 2. The van der Waals surface area contributed by atoms with Crippen molar-refractivity contribution in [3.05, 3.63) is 163 Å². The minimum atomic E-state index is 0.0245. The third-order valence-electron chi connectivity index (χ3n) is 9.06. The standard InChI is InChI=1S/C24H23NO2.C17H15ClO/c1-16-10-21(15-25(2)24(16)27)23-14-19-13-22(26)9-8-18(19)12-20(23)11-17-6-4-3-5-7-17;18-17-11-14-10-16(19)7-6-13(14)9-15(17)8-12-4-2-1-3-5-12/h3-7,10,12,14-15H,8-9,11,13H2,1-2H3;1-5,9,11H,6-8,10H2. The van der Waals surface area contributed by atoms with Crippen molar-refractivity contribution in [3.8, 4) is 11.1 Å². The molecule has 0 aliphatic heterocycles. The van der Waals surface area contributed by atoms with Crippen molar-refractivity contribution in [1.82, 2.24) is 4.57 Å². The van der Waals surface area contributed by atoms with Gasteiger partial charge < -0.3 is 4.57 Å². The van der Waals surface area contributed by atoms with E-state index in [-0.39, 0.29) is 5.56 Å². The number of hydrogen-bond acceptors (Lipinski definition) is 3. The molecule has 0 radical (unpaired) electrons. The lowest BCUT2D eigenvalue weighted by Gasteiger charge is -2.20. The number of ketones is 2. The molecule has 46 heavy (non-hydrogen) atoms. The van der Waals surface area contributed by atoms with Gasteiger partial charge >= 0.3 is 0 Å². The molecule has 1 heterocycles. The first-order valence-electron chi connectivity index (χ1n) is 16.0. The third kappa shape index (κ3) is 7.29. The maximum atomic E-state index is 12.1. The summed E-state index contributed by atoms with van der Waals surface area (Å²) < 4.78 is 1.64. The molecule has 0 fully saturated rings. The summed E-state index contributed by atoms with van der Waals surface area (Å²) in [6, 6.07) is 31.3. The molecule has 232 valence electrons. The molecule has 0 N–H and O–H groups in total. The van der Waals surface area contributed by atoms with Crippen LogP contribution in [0.15, 0.2) is 102 Å². The van der Waals surface area contributed by atoms with E-state index in [1.807, 2.05) is 49.5 Å². The lowest BCUT2D eigenvalue weighted by atomic mass is 9.84. The van der Waals surface area contributed by atoms with Crippen molar-refractivity contribution in [2.24, 2.45) is 7.05 Å². The molecule has 7 rings (SSSR count). The zero-order valence-corrected chi connectivity index (χ0v) is 27.2. The van der Waals surface area contributed by atoms with E-state index in [4.69, 9.17) is 11.6 Å². The minimum absolute atomic E-state index is 0.0245. The quantitative estimate of drug-likeness (QED) is 0.198. The molecule has 0 saturated heterocycles. The number of carbonyl (C=O) groups excluding carboxylic acids is 2. The van der Waals surface area contributed by atoms with Gasteiger partial charge in [0.05, 0.1) is 0 Å². The smallest absolute Gasteiger partial charge is 0.253 e. The molecule has 0 unspecified atom stereocenters. The summed E-state index contributed by atoms with van der Waals surface area (Å²) in [6.45, 7) is 1.85. The molecule has 0 amide bonds. The van der Waals surface area contributed by atoms with Crippen LogP contribution in [-0.2, 0) is 55.2 Å². The molecule has 4 aromatic carbocycles. The fraction of sp³-hybridized carbons (Fsp3) is 0.244. The average molecular weight is 628 g/mol. The van der Waals surface area contributed by atoms with Crippen LogP contribution in [0.1, 0.15) is 62.9 Å². The van der Waals surface area contributed by atoms with E-state index in [0.717, 1.165) is 64.1 Å². The van der Waals surface area contributed by atoms with Gasteiger partial charge in [-0.3, -0.25) is 14.4 Å². The zero-order valence-electron chi connectivity index (χ0n) is 26.4. The maximum Gasteiger partial charge on any atom is 0.253 e. The Labute approximate surface area is 275 Å². The lowest BCUT2D eigenvalue weighted by molar-refractivity contribution is -0.119. The summed E-state index contributed by atoms with van der Waals surface area (Å²) in [6.07, 6.45) is 7.61. The Morgan fingerprint density at radius 1 is 0.630 bits per heavy atom. The molecule has 2 aliphatic rings. The normalized spacial score (nSPS) is 13.8. The average Bonchev–Trinajstić information content (AvgIpc) is 3.05. The summed E-state index contributed by atoms with van der Waals surface area (Å²) in [5, 5.41) is 0.775. The van der Waals surface area contributed by atoms with Gasteiger partial charge in [0, 0.05) is 49.5 Å². The fourth-order valence-corrected chi connectivity index (χ4v) is 6.86. The van der Waals surface area contributed by atoms with Crippen LogP contribution in [0.5, 0.6) is 0 Å². The Balaban J connectivity index is 0.000000172. The molecule has 0 saturated carbocycles. The van der Waals surface area contributed by atoms with Crippen LogP contribution in [-0.4, -0.2) is 16.1 Å². The summed E-state index contributed by atoms with van der Waals surface area (Å²) in [7, 11) is 1.79. The van der Waals surface area contributed by atoms with E-state index in [0.29, 0.717) is 37.2 Å². The predicted octanol–water partition coefficient (Wildman–Crippen LogP) is 8.00. The monoisotopic (exact) mass is 627 g/mol. The minimum Gasteiger partial charge on any atom is -0.318 e. The number of hydrogen-bond donors (Lipinski definition) is 0. The summed E-state index contributed by atoms with van der Waals surface area (Å²) in [5.41, 5.74) is 12.6. The maximum absolute atomic E-state index is 12.1. The van der Waals surface area contributed by atoms with Gasteiger partial charge in [0.2, 0.25) is 0 Å². The third-order valence-corrected chi connectivity index (χ3v) is 9.42. The first-order valence-corrected chi connectivity index (χ1v) is 16.3. The number of fused-ring (bicyclic) bond motifs is 2. The second kappa shape index (κ2) is 13.8. The predicted molar refractivity (Wildman–Crippen MR) is 186 cm³/mol. The number of halogens is 1. The van der Waals surface area contributed by atoms with Gasteiger partial charge in [-0.1, -0.05) is 90.5 Å². The number of nitrogens with zero attached hydrogens (tertiary/aromatic N) is 1. The van der Waals surface area contributed by atoms with Crippen molar-refractivity contribution < 1.29 is 9.59 Å². The summed E-state index contributed by atoms with van der Waals surface area (Å²) >= 11 is 6.35. The highest BCUT2D eigenvalue weighted by atomic mass is 35.5. The Morgan fingerprint density at radius 2 is 1.15 bits per heavy atom. The van der Waals surface area contributed by atoms with Gasteiger partial charge in [-0.15, -0.1) is 0 Å². The van der Waals surface area contributed by atoms with Gasteiger partial charge in [0.15, 0.2) is 0 Å². The van der Waals surface area contributed by atoms with Crippen LogP contribution in [0.4, 0.5) is 0 Å². The Kier molecular flexibility index (Phi) is 9.46. The second-order valence-corrected chi connectivity index (χ2v) is 13.0.